The molecule has 1 heterocycles. The molecule has 0 aromatic rings. The average Bonchev–Trinajstić information content (AvgIpc) is 2.34. The number of rotatable bonds is 7. The van der Waals surface area contributed by atoms with E-state index in [2.05, 4.69) is 0 Å². The van der Waals surface area contributed by atoms with Crippen LogP contribution in [0.4, 0.5) is 0 Å². The fourth-order valence-electron chi connectivity index (χ4n) is 1.43. The zero-order chi connectivity index (χ0) is 15.3. The summed E-state index contributed by atoms with van der Waals surface area (Å²) in [5.74, 6) is -1.17. The topological polar surface area (TPSA) is 83.9 Å². The maximum Gasteiger partial charge on any atom is 0.354 e. The van der Waals surface area contributed by atoms with Crippen molar-refractivity contribution in [2.45, 2.75) is 18.8 Å². The number of alkyl halides is 1. The molecule has 9 heteroatoms. The summed E-state index contributed by atoms with van der Waals surface area (Å²) in [6.07, 6.45) is 0.0963. The molecule has 1 saturated heterocycles. The highest BCUT2D eigenvalue weighted by atomic mass is 35.5. The van der Waals surface area contributed by atoms with Crippen molar-refractivity contribution in [2.75, 3.05) is 19.5 Å². The quantitative estimate of drug-likeness (QED) is 0.248. The number of likely N-dealkylation sites (tertiary alicyclic amines) is 1. The van der Waals surface area contributed by atoms with Crippen molar-refractivity contribution in [1.82, 2.24) is 4.90 Å². The summed E-state index contributed by atoms with van der Waals surface area (Å²) >= 11 is 7.81. The van der Waals surface area contributed by atoms with Crippen LogP contribution >= 0.6 is 35.1 Å². The van der Waals surface area contributed by atoms with E-state index in [0.717, 1.165) is 28.4 Å². The van der Waals surface area contributed by atoms with Gasteiger partial charge in [0.2, 0.25) is 5.91 Å². The number of ether oxygens (including phenoxy) is 1. The van der Waals surface area contributed by atoms with Crippen molar-refractivity contribution < 1.29 is 24.2 Å². The Morgan fingerprint density at radius 2 is 2.20 bits per heavy atom. The summed E-state index contributed by atoms with van der Waals surface area (Å²) in [5.41, 5.74) is -0.915. The number of carbonyl (C=O) groups excluding carboxylic acids is 2. The standard InChI is InChI=1S/C11H14ClNO5S2/c1-6(14)20-11(19-4-3-18-2)9(10(16)17)13-7(12)5-8(13)15/h7H,3-5H2,1-2H3,(H,16,17). The van der Waals surface area contributed by atoms with Gasteiger partial charge < -0.3 is 9.84 Å². The molecule has 0 aromatic carbocycles. The van der Waals surface area contributed by atoms with Gasteiger partial charge in [-0.3, -0.25) is 14.5 Å². The van der Waals surface area contributed by atoms with E-state index in [0.29, 0.717) is 12.4 Å². The van der Waals surface area contributed by atoms with Crippen LogP contribution in [0.25, 0.3) is 0 Å². The third-order valence-corrected chi connectivity index (χ3v) is 4.73. The maximum atomic E-state index is 11.5. The molecule has 0 radical (unpaired) electrons. The molecule has 0 aliphatic carbocycles. The third kappa shape index (κ3) is 4.41. The van der Waals surface area contributed by atoms with Crippen LogP contribution < -0.4 is 0 Å². The molecule has 112 valence electrons. The second-order valence-electron chi connectivity index (χ2n) is 3.78. The zero-order valence-corrected chi connectivity index (χ0v) is 13.3. The van der Waals surface area contributed by atoms with Gasteiger partial charge in [0.1, 0.15) is 5.50 Å². The number of nitrogens with zero attached hydrogens (tertiary/aromatic N) is 1. The van der Waals surface area contributed by atoms with Crippen LogP contribution in [0.5, 0.6) is 0 Å². The summed E-state index contributed by atoms with van der Waals surface area (Å²) in [6.45, 7) is 1.73. The Hall–Kier alpha value is -0.700. The smallest absolute Gasteiger partial charge is 0.354 e. The Balaban J connectivity index is 3.05. The Morgan fingerprint density at radius 3 is 2.60 bits per heavy atom. The van der Waals surface area contributed by atoms with Gasteiger partial charge in [0.25, 0.3) is 0 Å². The van der Waals surface area contributed by atoms with Crippen LogP contribution in [-0.4, -0.2) is 52.0 Å². The first-order chi connectivity index (χ1) is 9.38. The Labute approximate surface area is 129 Å². The fraction of sp³-hybridized carbons (Fsp3) is 0.545. The molecule has 1 rings (SSSR count). The molecule has 1 aliphatic heterocycles. The van der Waals surface area contributed by atoms with Gasteiger partial charge in [-0.15, -0.1) is 11.8 Å². The number of amides is 1. The van der Waals surface area contributed by atoms with Crippen LogP contribution in [0.15, 0.2) is 9.93 Å². The molecular formula is C11H14ClNO5S2. The second-order valence-corrected chi connectivity index (χ2v) is 6.83. The fourth-order valence-corrected chi connectivity index (χ4v) is 3.90. The molecule has 0 saturated carbocycles. The number of aliphatic carboxylic acids is 1. The highest BCUT2D eigenvalue weighted by molar-refractivity contribution is 8.29. The number of carbonyl (C=O) groups is 3. The van der Waals surface area contributed by atoms with Gasteiger partial charge in [-0.05, 0) is 11.8 Å². The first-order valence-electron chi connectivity index (χ1n) is 5.62. The van der Waals surface area contributed by atoms with Crippen molar-refractivity contribution in [2.24, 2.45) is 0 Å². The minimum atomic E-state index is -1.28. The SMILES string of the molecule is COCCSC(SC(C)=O)=C(C(=O)O)N1C(=O)CC1Cl. The van der Waals surface area contributed by atoms with E-state index in [1.54, 1.807) is 0 Å². The van der Waals surface area contributed by atoms with E-state index in [1.165, 1.54) is 14.0 Å². The zero-order valence-electron chi connectivity index (χ0n) is 10.9. The van der Waals surface area contributed by atoms with Gasteiger partial charge in [0.15, 0.2) is 10.8 Å². The molecule has 1 N–H and O–H groups in total. The minimum Gasteiger partial charge on any atom is -0.477 e. The van der Waals surface area contributed by atoms with E-state index in [9.17, 15) is 19.5 Å². The lowest BCUT2D eigenvalue weighted by molar-refractivity contribution is -0.146. The van der Waals surface area contributed by atoms with Crippen LogP contribution in [-0.2, 0) is 19.1 Å². The van der Waals surface area contributed by atoms with Gasteiger partial charge >= 0.3 is 5.97 Å². The molecule has 1 atom stereocenters. The van der Waals surface area contributed by atoms with Crippen molar-refractivity contribution in [1.29, 1.82) is 0 Å². The first-order valence-corrected chi connectivity index (χ1v) is 7.86. The van der Waals surface area contributed by atoms with Crippen LogP contribution in [0, 0.1) is 0 Å². The van der Waals surface area contributed by atoms with Gasteiger partial charge in [0.05, 0.1) is 17.3 Å². The van der Waals surface area contributed by atoms with Crippen LogP contribution in [0.2, 0.25) is 0 Å². The van der Waals surface area contributed by atoms with Crippen molar-refractivity contribution >= 4 is 52.1 Å². The van der Waals surface area contributed by atoms with Crippen molar-refractivity contribution in [3.8, 4) is 0 Å². The average molecular weight is 340 g/mol. The summed E-state index contributed by atoms with van der Waals surface area (Å²) in [5, 5.41) is 9.04. The highest BCUT2D eigenvalue weighted by Crippen LogP contribution is 2.38. The molecule has 0 spiro atoms. The number of β-lactam (4-membered cyclic amide) rings is 1. The van der Waals surface area contributed by atoms with Crippen molar-refractivity contribution in [3.63, 3.8) is 0 Å². The Kier molecular flexibility index (Phi) is 6.87. The van der Waals surface area contributed by atoms with Gasteiger partial charge in [-0.25, -0.2) is 4.79 Å². The number of carboxylic acids is 1. The predicted molar refractivity (Wildman–Crippen MR) is 78.4 cm³/mol. The number of halogens is 1. The third-order valence-electron chi connectivity index (χ3n) is 2.29. The van der Waals surface area contributed by atoms with E-state index >= 15 is 0 Å². The van der Waals surface area contributed by atoms with Crippen LogP contribution in [0.3, 0.4) is 0 Å². The monoisotopic (exact) mass is 339 g/mol. The van der Waals surface area contributed by atoms with E-state index in [1.807, 2.05) is 0 Å². The van der Waals surface area contributed by atoms with Gasteiger partial charge in [0, 0.05) is 19.8 Å². The second kappa shape index (κ2) is 7.92. The number of hydrogen-bond acceptors (Lipinski definition) is 6. The Bertz CT molecular complexity index is 454. The molecule has 0 bridgehead atoms. The van der Waals surface area contributed by atoms with Gasteiger partial charge in [-0.2, -0.15) is 0 Å². The molecule has 1 unspecified atom stereocenters. The summed E-state index contributed by atoms with van der Waals surface area (Å²) in [6, 6.07) is 0. The number of carboxylic acid groups (broad SMARTS) is 1. The molecular weight excluding hydrogens is 326 g/mol. The van der Waals surface area contributed by atoms with Crippen LogP contribution in [0.1, 0.15) is 13.3 Å². The summed E-state index contributed by atoms with van der Waals surface area (Å²) < 4.78 is 5.14. The predicted octanol–water partition coefficient (Wildman–Crippen LogP) is 1.70. The largest absolute Gasteiger partial charge is 0.477 e. The maximum absolute atomic E-state index is 11.5. The summed E-state index contributed by atoms with van der Waals surface area (Å²) in [7, 11) is 1.52. The normalized spacial score (nSPS) is 19.4. The summed E-state index contributed by atoms with van der Waals surface area (Å²) in [4.78, 5) is 35.2. The van der Waals surface area contributed by atoms with E-state index in [4.69, 9.17) is 16.3 Å². The molecule has 1 aliphatic rings. The minimum absolute atomic E-state index is 0.0963. The van der Waals surface area contributed by atoms with Gasteiger partial charge in [-0.1, -0.05) is 11.6 Å². The lowest BCUT2D eigenvalue weighted by Gasteiger charge is -2.36. The lowest BCUT2D eigenvalue weighted by Crippen LogP contribution is -2.50. The lowest BCUT2D eigenvalue weighted by atomic mass is 10.2. The Morgan fingerprint density at radius 1 is 1.55 bits per heavy atom. The molecule has 6 nitrogen and oxygen atoms in total. The molecule has 20 heavy (non-hydrogen) atoms. The first kappa shape index (κ1) is 17.4. The van der Waals surface area contributed by atoms with Crippen molar-refractivity contribution in [3.05, 3.63) is 9.93 Å². The molecule has 1 fully saturated rings. The highest BCUT2D eigenvalue weighted by Gasteiger charge is 2.41. The van der Waals surface area contributed by atoms with E-state index in [-0.39, 0.29) is 27.4 Å². The molecule has 1 amide bonds. The number of hydrogen-bond donors (Lipinski definition) is 1. The number of thioether (sulfide) groups is 2. The number of methoxy groups -OCH3 is 1. The van der Waals surface area contributed by atoms with E-state index < -0.39 is 11.5 Å². The molecule has 0 aromatic heterocycles.